The van der Waals surface area contributed by atoms with Crippen LogP contribution in [0.2, 0.25) is 0 Å². The first-order valence-corrected chi connectivity index (χ1v) is 5.22. The lowest BCUT2D eigenvalue weighted by atomic mass is 10.00. The first kappa shape index (κ1) is 9.09. The summed E-state index contributed by atoms with van der Waals surface area (Å²) < 4.78 is 0. The molecule has 0 aliphatic heterocycles. The van der Waals surface area contributed by atoms with Gasteiger partial charge in [-0.05, 0) is 5.92 Å². The largest absolute Gasteiger partial charge is 0.0533 e. The van der Waals surface area contributed by atoms with Gasteiger partial charge in [0, 0.05) is 0 Å². The van der Waals surface area contributed by atoms with Crippen molar-refractivity contribution in [2.45, 2.75) is 57.8 Å². The van der Waals surface area contributed by atoms with Crippen LogP contribution in [-0.4, -0.2) is 0 Å². The van der Waals surface area contributed by atoms with Crippen molar-refractivity contribution in [3.05, 3.63) is 6.92 Å². The van der Waals surface area contributed by atoms with Crippen LogP contribution in [0.25, 0.3) is 0 Å². The molecule has 0 aromatic rings. The summed E-state index contributed by atoms with van der Waals surface area (Å²) in [4.78, 5) is 0. The summed E-state index contributed by atoms with van der Waals surface area (Å²) in [5, 5.41) is 0. The van der Waals surface area contributed by atoms with E-state index in [0.29, 0.717) is 0 Å². The quantitative estimate of drug-likeness (QED) is 0.524. The van der Waals surface area contributed by atoms with E-state index < -0.39 is 0 Å². The van der Waals surface area contributed by atoms with E-state index in [9.17, 15) is 0 Å². The van der Waals surface area contributed by atoms with Crippen molar-refractivity contribution >= 4 is 0 Å². The highest BCUT2D eigenvalue weighted by Crippen LogP contribution is 2.29. The van der Waals surface area contributed by atoms with Gasteiger partial charge < -0.3 is 0 Å². The average molecular weight is 153 g/mol. The number of unbranched alkanes of at least 4 members (excludes halogenated alkanes) is 3. The second-order valence-corrected chi connectivity index (χ2v) is 3.85. The summed E-state index contributed by atoms with van der Waals surface area (Å²) in [6.45, 7) is 3.86. The van der Waals surface area contributed by atoms with E-state index in [1.165, 1.54) is 51.4 Å². The van der Waals surface area contributed by atoms with E-state index >= 15 is 0 Å². The lowest BCUT2D eigenvalue weighted by Crippen LogP contribution is -1.92. The molecule has 0 spiro atoms. The minimum atomic E-state index is 1.10. The van der Waals surface area contributed by atoms with Gasteiger partial charge in [-0.3, -0.25) is 0 Å². The number of hydrogen-bond acceptors (Lipinski definition) is 0. The Morgan fingerprint density at radius 3 is 2.36 bits per heavy atom. The molecule has 1 saturated carbocycles. The predicted octanol–water partition coefficient (Wildman–Crippen LogP) is 3.96. The van der Waals surface area contributed by atoms with Crippen molar-refractivity contribution in [2.75, 3.05) is 0 Å². The first-order valence-electron chi connectivity index (χ1n) is 5.22. The predicted molar refractivity (Wildman–Crippen MR) is 50.4 cm³/mol. The van der Waals surface area contributed by atoms with Crippen molar-refractivity contribution in [3.63, 3.8) is 0 Å². The van der Waals surface area contributed by atoms with Crippen LogP contribution in [0.4, 0.5) is 0 Å². The molecule has 65 valence electrons. The zero-order valence-corrected chi connectivity index (χ0v) is 7.65. The smallest absolute Gasteiger partial charge is 0.0414 e. The minimum Gasteiger partial charge on any atom is -0.0533 e. The molecule has 0 aromatic carbocycles. The van der Waals surface area contributed by atoms with Crippen LogP contribution < -0.4 is 0 Å². The molecule has 0 N–H and O–H groups in total. The summed E-state index contributed by atoms with van der Waals surface area (Å²) in [6, 6.07) is 0. The Balaban J connectivity index is 1.86. The topological polar surface area (TPSA) is 0 Å². The fourth-order valence-electron chi connectivity index (χ4n) is 2.09. The van der Waals surface area contributed by atoms with E-state index in [1.54, 1.807) is 0 Å². The molecular weight excluding hydrogens is 132 g/mol. The molecule has 1 rings (SSSR count). The van der Waals surface area contributed by atoms with Gasteiger partial charge in [-0.25, -0.2) is 0 Å². The van der Waals surface area contributed by atoms with Gasteiger partial charge in [-0.1, -0.05) is 64.7 Å². The highest BCUT2D eigenvalue weighted by atomic mass is 14.2. The van der Waals surface area contributed by atoms with Gasteiger partial charge in [-0.2, -0.15) is 0 Å². The van der Waals surface area contributed by atoms with Gasteiger partial charge in [-0.15, -0.1) is 0 Å². The Morgan fingerprint density at radius 1 is 1.00 bits per heavy atom. The molecule has 0 heteroatoms. The van der Waals surface area contributed by atoms with Gasteiger partial charge in [0.15, 0.2) is 0 Å². The molecule has 0 nitrogen and oxygen atoms in total. The van der Waals surface area contributed by atoms with Crippen molar-refractivity contribution < 1.29 is 0 Å². The van der Waals surface area contributed by atoms with Crippen LogP contribution in [0.1, 0.15) is 57.8 Å². The third-order valence-corrected chi connectivity index (χ3v) is 2.84. The second kappa shape index (κ2) is 5.62. The van der Waals surface area contributed by atoms with Crippen LogP contribution in [-0.2, 0) is 0 Å². The lowest BCUT2D eigenvalue weighted by Gasteiger charge is -2.06. The fourth-order valence-corrected chi connectivity index (χ4v) is 2.09. The molecule has 1 fully saturated rings. The van der Waals surface area contributed by atoms with Crippen LogP contribution in [0.15, 0.2) is 0 Å². The Bertz CT molecular complexity index is 80.0. The van der Waals surface area contributed by atoms with Gasteiger partial charge in [0.2, 0.25) is 0 Å². The summed E-state index contributed by atoms with van der Waals surface area (Å²) in [7, 11) is 0. The first-order chi connectivity index (χ1) is 5.43. The molecule has 0 atom stereocenters. The highest BCUT2D eigenvalue weighted by molar-refractivity contribution is 4.66. The molecule has 11 heavy (non-hydrogen) atoms. The minimum absolute atomic E-state index is 1.10. The van der Waals surface area contributed by atoms with Crippen LogP contribution in [0, 0.1) is 12.8 Å². The van der Waals surface area contributed by atoms with Crippen LogP contribution >= 0.6 is 0 Å². The average Bonchev–Trinajstić information content (AvgIpc) is 2.50. The maximum Gasteiger partial charge on any atom is -0.0414 e. The monoisotopic (exact) mass is 153 g/mol. The maximum atomic E-state index is 3.86. The van der Waals surface area contributed by atoms with Gasteiger partial charge in [0.1, 0.15) is 0 Å². The molecule has 0 amide bonds. The summed E-state index contributed by atoms with van der Waals surface area (Å²) >= 11 is 0. The Morgan fingerprint density at radius 2 is 1.73 bits per heavy atom. The molecule has 1 aliphatic carbocycles. The highest BCUT2D eigenvalue weighted by Gasteiger charge is 2.13. The van der Waals surface area contributed by atoms with E-state index in [1.807, 2.05) is 0 Å². The normalized spacial score (nSPS) is 19.4. The van der Waals surface area contributed by atoms with E-state index in [2.05, 4.69) is 6.92 Å². The molecular formula is C11H21. The maximum absolute atomic E-state index is 3.86. The van der Waals surface area contributed by atoms with Gasteiger partial charge in [0.05, 0.1) is 0 Å². The zero-order chi connectivity index (χ0) is 7.94. The molecule has 0 unspecified atom stereocenters. The summed E-state index contributed by atoms with van der Waals surface area (Å²) in [5.41, 5.74) is 0. The SMILES string of the molecule is [CH2]CCCCCC1CCCC1. The van der Waals surface area contributed by atoms with Crippen LogP contribution in [0.3, 0.4) is 0 Å². The second-order valence-electron chi connectivity index (χ2n) is 3.85. The Hall–Kier alpha value is 0. The third kappa shape index (κ3) is 3.79. The summed E-state index contributed by atoms with van der Waals surface area (Å²) in [5.74, 6) is 1.10. The standard InChI is InChI=1S/C11H21/c1-2-3-4-5-8-11-9-6-7-10-11/h11H,1-10H2. The van der Waals surface area contributed by atoms with E-state index in [-0.39, 0.29) is 0 Å². The zero-order valence-electron chi connectivity index (χ0n) is 7.65. The molecule has 1 radical (unpaired) electrons. The van der Waals surface area contributed by atoms with Crippen molar-refractivity contribution in [3.8, 4) is 0 Å². The third-order valence-electron chi connectivity index (χ3n) is 2.84. The molecule has 0 saturated heterocycles. The van der Waals surface area contributed by atoms with Crippen LogP contribution in [0.5, 0.6) is 0 Å². The Labute approximate surface area is 71.4 Å². The molecule has 0 aromatic heterocycles. The molecule has 0 heterocycles. The van der Waals surface area contributed by atoms with E-state index in [0.717, 1.165) is 12.3 Å². The lowest BCUT2D eigenvalue weighted by molar-refractivity contribution is 0.468. The summed E-state index contributed by atoms with van der Waals surface area (Å²) in [6.07, 6.45) is 12.9. The molecule has 1 aliphatic rings. The number of rotatable bonds is 5. The fraction of sp³-hybridized carbons (Fsp3) is 0.909. The van der Waals surface area contributed by atoms with E-state index in [4.69, 9.17) is 0 Å². The Kier molecular flexibility index (Phi) is 4.65. The van der Waals surface area contributed by atoms with Crippen molar-refractivity contribution in [1.29, 1.82) is 0 Å². The van der Waals surface area contributed by atoms with Gasteiger partial charge >= 0.3 is 0 Å². The molecule has 0 bridgehead atoms. The van der Waals surface area contributed by atoms with Crippen molar-refractivity contribution in [2.24, 2.45) is 5.92 Å². The van der Waals surface area contributed by atoms with Crippen molar-refractivity contribution in [1.82, 2.24) is 0 Å². The van der Waals surface area contributed by atoms with Gasteiger partial charge in [0.25, 0.3) is 0 Å². The number of hydrogen-bond donors (Lipinski definition) is 0.